The predicted molar refractivity (Wildman–Crippen MR) is 135 cm³/mol. The maximum atomic E-state index is 14.7. The van der Waals surface area contributed by atoms with Crippen LogP contribution < -0.4 is 10.2 Å². The Morgan fingerprint density at radius 3 is 2.61 bits per heavy atom. The highest BCUT2D eigenvalue weighted by Gasteiger charge is 2.53. The zero-order chi connectivity index (χ0) is 27.2. The smallest absolute Gasteiger partial charge is 0.268 e. The van der Waals surface area contributed by atoms with Crippen LogP contribution in [-0.4, -0.2) is 34.5 Å². The minimum Gasteiger partial charge on any atom is -0.372 e. The summed E-state index contributed by atoms with van der Waals surface area (Å²) in [4.78, 5) is 31.7. The molecule has 0 spiro atoms. The second-order valence-electron chi connectivity index (χ2n) is 9.87. The van der Waals surface area contributed by atoms with E-state index in [-0.39, 0.29) is 35.7 Å². The van der Waals surface area contributed by atoms with Gasteiger partial charge in [0.2, 0.25) is 0 Å². The van der Waals surface area contributed by atoms with Gasteiger partial charge in [0, 0.05) is 29.9 Å². The van der Waals surface area contributed by atoms with Crippen molar-refractivity contribution < 1.29 is 27.9 Å². The number of aryl methyl sites for hydroxylation is 1. The fraction of sp³-hybridized carbons (Fsp3) is 0.321. The molecule has 2 amide bonds. The molecule has 198 valence electrons. The number of carbonyl (C=O) groups excluding carboxylic acids is 2. The van der Waals surface area contributed by atoms with Crippen molar-refractivity contribution in [1.82, 2.24) is 10.3 Å². The number of benzene rings is 2. The number of anilines is 1. The number of carbonyl (C=O) groups is 2. The van der Waals surface area contributed by atoms with E-state index in [1.807, 2.05) is 0 Å². The monoisotopic (exact) mass is 543 g/mol. The van der Waals surface area contributed by atoms with Crippen LogP contribution in [0, 0.1) is 30.3 Å². The summed E-state index contributed by atoms with van der Waals surface area (Å²) in [5.74, 6) is -4.39. The van der Waals surface area contributed by atoms with Gasteiger partial charge in [0.1, 0.15) is 5.82 Å². The van der Waals surface area contributed by atoms with Gasteiger partial charge in [0.15, 0.2) is 17.2 Å². The largest absolute Gasteiger partial charge is 0.372 e. The second kappa shape index (κ2) is 10.0. The normalized spacial score (nSPS) is 22.9. The topological polar surface area (TPSA) is 82.5 Å². The molecular weight excluding hydrogens is 519 g/mol. The lowest BCUT2D eigenvalue weighted by Crippen LogP contribution is -2.45. The molecule has 2 N–H and O–H groups in total. The number of fused-ring (bicyclic) bond motifs is 1. The van der Waals surface area contributed by atoms with Crippen molar-refractivity contribution in [1.29, 1.82) is 0 Å². The van der Waals surface area contributed by atoms with Crippen molar-refractivity contribution >= 4 is 29.1 Å². The average molecular weight is 544 g/mol. The number of amides is 2. The van der Waals surface area contributed by atoms with Crippen LogP contribution >= 0.6 is 11.6 Å². The lowest BCUT2D eigenvalue weighted by molar-refractivity contribution is -0.132. The molecule has 1 aliphatic carbocycles. The van der Waals surface area contributed by atoms with E-state index >= 15 is 0 Å². The Balaban J connectivity index is 1.32. The predicted octanol–water partition coefficient (Wildman–Crippen LogP) is 5.03. The molecule has 0 radical (unpaired) electrons. The first-order chi connectivity index (χ1) is 18.1. The summed E-state index contributed by atoms with van der Waals surface area (Å²) in [6.07, 6.45) is 4.14. The summed E-state index contributed by atoms with van der Waals surface area (Å²) in [5.41, 5.74) is -2.01. The Hall–Kier alpha value is -3.43. The fourth-order valence-electron chi connectivity index (χ4n) is 5.43. The van der Waals surface area contributed by atoms with Crippen LogP contribution in [0.15, 0.2) is 48.7 Å². The molecule has 10 heteroatoms. The number of hydrogen-bond acceptors (Lipinski definition) is 4. The Bertz CT molecular complexity index is 1430. The quantitative estimate of drug-likeness (QED) is 0.473. The van der Waals surface area contributed by atoms with Gasteiger partial charge in [-0.05, 0) is 68.9 Å². The Labute approximate surface area is 222 Å². The molecule has 5 rings (SSSR count). The number of nitrogens with zero attached hydrogens (tertiary/aromatic N) is 2. The lowest BCUT2D eigenvalue weighted by Gasteiger charge is -2.32. The summed E-state index contributed by atoms with van der Waals surface area (Å²) < 4.78 is 42.9. The minimum absolute atomic E-state index is 0.0132. The molecule has 1 aromatic heterocycles. The molecular formula is C28H25ClF3N3O3. The molecule has 1 atom stereocenters. The van der Waals surface area contributed by atoms with E-state index in [1.54, 1.807) is 13.0 Å². The molecule has 1 unspecified atom stereocenters. The number of nitrogens with one attached hydrogen (secondary N) is 1. The van der Waals surface area contributed by atoms with Gasteiger partial charge < -0.3 is 15.3 Å². The number of pyridine rings is 1. The Morgan fingerprint density at radius 1 is 1.13 bits per heavy atom. The Morgan fingerprint density at radius 2 is 1.87 bits per heavy atom. The van der Waals surface area contributed by atoms with Crippen LogP contribution in [-0.2, 0) is 10.4 Å². The maximum Gasteiger partial charge on any atom is 0.268 e. The SMILES string of the molecule is Cc1ncc(Cl)cc1C(=O)N[C@H]1CC[C@H](CN2C(=O)C(O)(c3cccc(F)c3F)c3cc(F)ccc32)CC1. The van der Waals surface area contributed by atoms with Gasteiger partial charge in [0.05, 0.1) is 22.0 Å². The van der Waals surface area contributed by atoms with Crippen LogP contribution in [0.5, 0.6) is 0 Å². The fourth-order valence-corrected chi connectivity index (χ4v) is 5.58. The number of aromatic nitrogens is 1. The molecule has 1 saturated carbocycles. The van der Waals surface area contributed by atoms with Gasteiger partial charge in [-0.3, -0.25) is 14.6 Å². The van der Waals surface area contributed by atoms with Gasteiger partial charge in [-0.15, -0.1) is 0 Å². The zero-order valence-corrected chi connectivity index (χ0v) is 21.2. The molecule has 0 bridgehead atoms. The lowest BCUT2D eigenvalue weighted by atomic mass is 9.85. The van der Waals surface area contributed by atoms with Crippen molar-refractivity contribution in [3.63, 3.8) is 0 Å². The minimum atomic E-state index is -2.56. The summed E-state index contributed by atoms with van der Waals surface area (Å²) in [7, 11) is 0. The van der Waals surface area contributed by atoms with Gasteiger partial charge in [0.25, 0.3) is 11.8 Å². The standard InChI is InChI=1S/C28H25ClF3N3O3/c1-15-20(11-17(29)13-33-15)26(36)34-19-8-5-16(6-9-19)14-35-24-10-7-18(30)12-22(24)28(38,27(35)37)21-3-2-4-23(31)25(21)32/h2-4,7,10-13,16,19,38H,5-6,8-9,14H2,1H3,(H,34,36)/t16-,19-,28?. The molecule has 3 aromatic rings. The third-order valence-corrected chi connectivity index (χ3v) is 7.66. The zero-order valence-electron chi connectivity index (χ0n) is 20.5. The number of aliphatic hydroxyl groups is 1. The number of halogens is 4. The van der Waals surface area contributed by atoms with Crippen LogP contribution in [0.1, 0.15) is 52.9 Å². The molecule has 38 heavy (non-hydrogen) atoms. The first-order valence-corrected chi connectivity index (χ1v) is 12.7. The van der Waals surface area contributed by atoms with Crippen molar-refractivity contribution in [2.24, 2.45) is 5.92 Å². The number of rotatable bonds is 5. The summed E-state index contributed by atoms with van der Waals surface area (Å²) >= 11 is 5.98. The van der Waals surface area contributed by atoms with Crippen LogP contribution in [0.4, 0.5) is 18.9 Å². The molecule has 6 nitrogen and oxygen atoms in total. The van der Waals surface area contributed by atoms with E-state index in [0.717, 1.165) is 24.3 Å². The van der Waals surface area contributed by atoms with Crippen LogP contribution in [0.25, 0.3) is 0 Å². The van der Waals surface area contributed by atoms with Crippen LogP contribution in [0.2, 0.25) is 5.02 Å². The van der Waals surface area contributed by atoms with Gasteiger partial charge in [-0.2, -0.15) is 0 Å². The van der Waals surface area contributed by atoms with Crippen LogP contribution in [0.3, 0.4) is 0 Å². The first kappa shape index (κ1) is 26.2. The molecule has 2 aliphatic rings. The van der Waals surface area contributed by atoms with E-state index in [0.29, 0.717) is 42.0 Å². The van der Waals surface area contributed by atoms with E-state index in [2.05, 4.69) is 10.3 Å². The Kier molecular flexibility index (Phi) is 6.92. The van der Waals surface area contributed by atoms with E-state index < -0.39 is 34.5 Å². The van der Waals surface area contributed by atoms with E-state index in [4.69, 9.17) is 11.6 Å². The van der Waals surface area contributed by atoms with E-state index in [1.165, 1.54) is 23.2 Å². The third kappa shape index (κ3) is 4.54. The summed E-state index contributed by atoms with van der Waals surface area (Å²) in [5, 5.41) is 14.9. The highest BCUT2D eigenvalue weighted by molar-refractivity contribution is 6.30. The molecule has 1 aliphatic heterocycles. The molecule has 2 aromatic carbocycles. The summed E-state index contributed by atoms with van der Waals surface area (Å²) in [6, 6.07) is 8.20. The number of hydrogen-bond donors (Lipinski definition) is 2. The molecule has 0 saturated heterocycles. The van der Waals surface area contributed by atoms with Crippen molar-refractivity contribution in [2.75, 3.05) is 11.4 Å². The van der Waals surface area contributed by atoms with Gasteiger partial charge in [-0.1, -0.05) is 23.7 Å². The highest BCUT2D eigenvalue weighted by atomic mass is 35.5. The summed E-state index contributed by atoms with van der Waals surface area (Å²) in [6.45, 7) is 1.94. The average Bonchev–Trinajstić information content (AvgIpc) is 3.10. The van der Waals surface area contributed by atoms with Crippen molar-refractivity contribution in [3.05, 3.63) is 93.5 Å². The highest BCUT2D eigenvalue weighted by Crippen LogP contribution is 2.46. The van der Waals surface area contributed by atoms with Gasteiger partial charge in [-0.25, -0.2) is 13.2 Å². The van der Waals surface area contributed by atoms with Crippen molar-refractivity contribution in [2.45, 2.75) is 44.2 Å². The first-order valence-electron chi connectivity index (χ1n) is 12.3. The maximum absolute atomic E-state index is 14.7. The third-order valence-electron chi connectivity index (χ3n) is 7.46. The molecule has 1 fully saturated rings. The van der Waals surface area contributed by atoms with Gasteiger partial charge >= 0.3 is 0 Å². The van der Waals surface area contributed by atoms with E-state index in [9.17, 15) is 27.9 Å². The second-order valence-corrected chi connectivity index (χ2v) is 10.3. The van der Waals surface area contributed by atoms with Crippen molar-refractivity contribution in [3.8, 4) is 0 Å². The molecule has 2 heterocycles.